The Morgan fingerprint density at radius 1 is 1.28 bits per heavy atom. The molecule has 0 spiro atoms. The largest absolute Gasteiger partial charge is 0.503 e. The number of benzene rings is 2. The van der Waals surface area contributed by atoms with Gasteiger partial charge in [-0.3, -0.25) is 19.3 Å². The van der Waals surface area contributed by atoms with Crippen LogP contribution in [0.1, 0.15) is 11.1 Å². The summed E-state index contributed by atoms with van der Waals surface area (Å²) in [7, 11) is 1.37. The number of ether oxygens (including phenoxy) is 1. The van der Waals surface area contributed by atoms with Crippen LogP contribution in [0.2, 0.25) is 5.02 Å². The summed E-state index contributed by atoms with van der Waals surface area (Å²) >= 11 is 6.67. The molecule has 0 unspecified atom stereocenters. The van der Waals surface area contributed by atoms with E-state index in [4.69, 9.17) is 16.3 Å². The van der Waals surface area contributed by atoms with Crippen molar-refractivity contribution in [3.63, 3.8) is 0 Å². The van der Waals surface area contributed by atoms with Crippen molar-refractivity contribution >= 4 is 52.2 Å². The number of imide groups is 1. The average molecular weight is 433 g/mol. The van der Waals surface area contributed by atoms with Gasteiger partial charge in [-0.2, -0.15) is 0 Å². The molecule has 0 radical (unpaired) electrons. The highest BCUT2D eigenvalue weighted by atomic mass is 35.5. The number of rotatable bonds is 5. The van der Waals surface area contributed by atoms with Crippen LogP contribution in [0.4, 0.5) is 10.5 Å². The molecule has 2 aromatic carbocycles. The smallest absolute Gasteiger partial charge is 0.294 e. The Bertz CT molecular complexity index is 1020. The predicted octanol–water partition coefficient (Wildman–Crippen LogP) is 4.04. The second-order valence-corrected chi connectivity index (χ2v) is 7.64. The number of anilines is 1. The Morgan fingerprint density at radius 3 is 2.62 bits per heavy atom. The Kier molecular flexibility index (Phi) is 6.14. The molecule has 1 aliphatic heterocycles. The molecule has 0 aromatic heterocycles. The molecule has 1 heterocycles. The highest BCUT2D eigenvalue weighted by Gasteiger charge is 2.36. The van der Waals surface area contributed by atoms with Gasteiger partial charge in [0.2, 0.25) is 5.91 Å². The van der Waals surface area contributed by atoms with Crippen molar-refractivity contribution in [3.05, 3.63) is 57.5 Å². The number of thioether (sulfide) groups is 1. The van der Waals surface area contributed by atoms with Crippen molar-refractivity contribution in [1.82, 2.24) is 4.90 Å². The van der Waals surface area contributed by atoms with Crippen LogP contribution in [0, 0.1) is 6.92 Å². The van der Waals surface area contributed by atoms with Crippen molar-refractivity contribution in [3.8, 4) is 11.5 Å². The average Bonchev–Trinajstić information content (AvgIpc) is 2.93. The maximum Gasteiger partial charge on any atom is 0.294 e. The van der Waals surface area contributed by atoms with Gasteiger partial charge in [0.25, 0.3) is 11.1 Å². The van der Waals surface area contributed by atoms with Gasteiger partial charge in [0.05, 0.1) is 17.0 Å². The molecule has 7 nitrogen and oxygen atoms in total. The summed E-state index contributed by atoms with van der Waals surface area (Å²) in [5.74, 6) is -1.14. The lowest BCUT2D eigenvalue weighted by molar-refractivity contribution is -0.127. The number of phenols is 1. The van der Waals surface area contributed by atoms with Crippen LogP contribution in [0.5, 0.6) is 11.5 Å². The number of phenolic OH excluding ortho intramolecular Hbond substituents is 1. The molecule has 0 saturated carbocycles. The number of methoxy groups -OCH3 is 1. The van der Waals surface area contributed by atoms with E-state index >= 15 is 0 Å². The van der Waals surface area contributed by atoms with E-state index in [1.165, 1.54) is 25.3 Å². The summed E-state index contributed by atoms with van der Waals surface area (Å²) in [4.78, 5) is 38.0. The van der Waals surface area contributed by atoms with E-state index in [9.17, 15) is 19.5 Å². The zero-order valence-corrected chi connectivity index (χ0v) is 17.1. The fourth-order valence-corrected chi connectivity index (χ4v) is 3.66. The molecule has 29 heavy (non-hydrogen) atoms. The standard InChI is InChI=1S/C20H17ClN2O5S/c1-11-3-5-13(6-4-11)22-17(24)10-23-19(26)16(29-20(23)27)9-12-7-14(21)18(25)15(8-12)28-2/h3-9,25H,10H2,1-2H3,(H,22,24)/b16-9+. The van der Waals surface area contributed by atoms with Crippen LogP contribution < -0.4 is 10.1 Å². The number of aryl methyl sites for hydroxylation is 1. The van der Waals surface area contributed by atoms with Gasteiger partial charge in [0, 0.05) is 5.69 Å². The van der Waals surface area contributed by atoms with Crippen LogP contribution >= 0.6 is 23.4 Å². The van der Waals surface area contributed by atoms with Gasteiger partial charge in [-0.1, -0.05) is 29.3 Å². The summed E-state index contributed by atoms with van der Waals surface area (Å²) in [6, 6.07) is 10.1. The van der Waals surface area contributed by atoms with Crippen molar-refractivity contribution < 1.29 is 24.2 Å². The van der Waals surface area contributed by atoms with Crippen molar-refractivity contribution in [2.75, 3.05) is 19.0 Å². The second-order valence-electron chi connectivity index (χ2n) is 6.24. The molecular formula is C20H17ClN2O5S. The highest BCUT2D eigenvalue weighted by molar-refractivity contribution is 8.18. The third-order valence-electron chi connectivity index (χ3n) is 4.08. The number of carbonyl (C=O) groups excluding carboxylic acids is 3. The van der Waals surface area contributed by atoms with Gasteiger partial charge < -0.3 is 15.2 Å². The normalized spacial score (nSPS) is 15.1. The maximum absolute atomic E-state index is 12.6. The van der Waals surface area contributed by atoms with Gasteiger partial charge in [-0.25, -0.2) is 0 Å². The zero-order valence-electron chi connectivity index (χ0n) is 15.6. The third kappa shape index (κ3) is 4.72. The second kappa shape index (κ2) is 8.59. The Morgan fingerprint density at radius 2 is 1.97 bits per heavy atom. The summed E-state index contributed by atoms with van der Waals surface area (Å²) in [6.45, 7) is 1.53. The minimum absolute atomic E-state index is 0.0484. The number of hydrogen-bond acceptors (Lipinski definition) is 6. The van der Waals surface area contributed by atoms with Gasteiger partial charge in [0.1, 0.15) is 6.54 Å². The lowest BCUT2D eigenvalue weighted by Gasteiger charge is -2.12. The summed E-state index contributed by atoms with van der Waals surface area (Å²) in [6.07, 6.45) is 1.45. The number of aromatic hydroxyl groups is 1. The molecule has 150 valence electrons. The quantitative estimate of drug-likeness (QED) is 0.692. The third-order valence-corrected chi connectivity index (χ3v) is 5.27. The van der Waals surface area contributed by atoms with E-state index in [1.807, 2.05) is 19.1 Å². The zero-order chi connectivity index (χ0) is 21.1. The summed E-state index contributed by atoms with van der Waals surface area (Å²) < 4.78 is 5.03. The molecule has 0 aliphatic carbocycles. The maximum atomic E-state index is 12.6. The lowest BCUT2D eigenvalue weighted by atomic mass is 10.2. The Hall–Kier alpha value is -2.97. The Labute approximate surface area is 176 Å². The first-order valence-corrected chi connectivity index (χ1v) is 9.66. The van der Waals surface area contributed by atoms with E-state index in [-0.39, 0.29) is 21.4 Å². The van der Waals surface area contributed by atoms with Crippen molar-refractivity contribution in [2.24, 2.45) is 0 Å². The van der Waals surface area contributed by atoms with Gasteiger partial charge >= 0.3 is 0 Å². The first-order chi connectivity index (χ1) is 13.8. The van der Waals surface area contributed by atoms with E-state index < -0.39 is 23.6 Å². The number of carbonyl (C=O) groups is 3. The molecule has 1 fully saturated rings. The molecule has 1 aliphatic rings. The molecule has 3 rings (SSSR count). The van der Waals surface area contributed by atoms with Crippen LogP contribution in [0.3, 0.4) is 0 Å². The highest BCUT2D eigenvalue weighted by Crippen LogP contribution is 2.37. The molecule has 9 heteroatoms. The molecular weight excluding hydrogens is 416 g/mol. The Balaban J connectivity index is 1.74. The van der Waals surface area contributed by atoms with Gasteiger partial charge in [0.15, 0.2) is 11.5 Å². The van der Waals surface area contributed by atoms with Crippen LogP contribution in [0.25, 0.3) is 6.08 Å². The first-order valence-electron chi connectivity index (χ1n) is 8.47. The summed E-state index contributed by atoms with van der Waals surface area (Å²) in [5, 5.41) is 12.0. The number of nitrogens with zero attached hydrogens (tertiary/aromatic N) is 1. The number of halogens is 1. The van der Waals surface area contributed by atoms with E-state index in [1.54, 1.807) is 12.1 Å². The number of nitrogens with one attached hydrogen (secondary N) is 1. The minimum atomic E-state index is -0.581. The SMILES string of the molecule is COc1cc(/C=C2/SC(=O)N(CC(=O)Nc3ccc(C)cc3)C2=O)cc(Cl)c1O. The van der Waals surface area contributed by atoms with E-state index in [0.717, 1.165) is 22.2 Å². The van der Waals surface area contributed by atoms with Crippen LogP contribution in [0.15, 0.2) is 41.3 Å². The molecule has 3 amide bonds. The predicted molar refractivity (Wildman–Crippen MR) is 112 cm³/mol. The van der Waals surface area contributed by atoms with Crippen LogP contribution in [-0.4, -0.2) is 40.7 Å². The topological polar surface area (TPSA) is 95.9 Å². The molecule has 2 N–H and O–H groups in total. The fourth-order valence-electron chi connectivity index (χ4n) is 2.60. The molecule has 1 saturated heterocycles. The lowest BCUT2D eigenvalue weighted by Crippen LogP contribution is -2.36. The summed E-state index contributed by atoms with van der Waals surface area (Å²) in [5.41, 5.74) is 2.10. The minimum Gasteiger partial charge on any atom is -0.503 e. The monoisotopic (exact) mass is 432 g/mol. The van der Waals surface area contributed by atoms with Crippen LogP contribution in [-0.2, 0) is 9.59 Å². The van der Waals surface area contributed by atoms with E-state index in [0.29, 0.717) is 11.3 Å². The number of hydrogen-bond donors (Lipinski definition) is 2. The van der Waals surface area contributed by atoms with Crippen molar-refractivity contribution in [2.45, 2.75) is 6.92 Å². The molecule has 2 aromatic rings. The molecule has 0 atom stereocenters. The number of amides is 3. The van der Waals surface area contributed by atoms with Crippen molar-refractivity contribution in [1.29, 1.82) is 0 Å². The molecule has 0 bridgehead atoms. The van der Waals surface area contributed by atoms with Gasteiger partial charge in [-0.05, 0) is 54.6 Å². The fraction of sp³-hybridized carbons (Fsp3) is 0.150. The van der Waals surface area contributed by atoms with E-state index in [2.05, 4.69) is 5.32 Å². The van der Waals surface area contributed by atoms with Gasteiger partial charge in [-0.15, -0.1) is 0 Å². The first kappa shape index (κ1) is 20.8.